The second-order valence-corrected chi connectivity index (χ2v) is 11.4. The standard InChI is InChI=1S/C25H38N6O3S/c1-5-9-27-10-12-29(13-11-27)25(32)22-19-30(6-2)26-24(22)35(33,34)31-16-14-28(15-17-31)23-18-20(3)7-8-21(23)4/h7-8,18-19H,5-6,9-17H2,1-4H3. The van der Waals surface area contributed by atoms with Gasteiger partial charge in [0.25, 0.3) is 15.9 Å². The molecule has 0 aliphatic carbocycles. The Morgan fingerprint density at radius 2 is 1.66 bits per heavy atom. The third-order valence-electron chi connectivity index (χ3n) is 7.01. The van der Waals surface area contributed by atoms with Crippen molar-refractivity contribution in [3.63, 3.8) is 0 Å². The van der Waals surface area contributed by atoms with E-state index in [9.17, 15) is 13.2 Å². The topological polar surface area (TPSA) is 82.0 Å². The lowest BCUT2D eigenvalue weighted by atomic mass is 10.1. The van der Waals surface area contributed by atoms with Crippen molar-refractivity contribution in [2.45, 2.75) is 45.7 Å². The second kappa shape index (κ2) is 10.7. The van der Waals surface area contributed by atoms with Crippen LogP contribution < -0.4 is 4.90 Å². The highest BCUT2D eigenvalue weighted by atomic mass is 32.2. The summed E-state index contributed by atoms with van der Waals surface area (Å²) in [7, 11) is -3.89. The number of benzene rings is 1. The van der Waals surface area contributed by atoms with E-state index in [2.05, 4.69) is 53.9 Å². The molecule has 0 radical (unpaired) electrons. The number of rotatable bonds is 7. The van der Waals surface area contributed by atoms with Gasteiger partial charge in [0.1, 0.15) is 0 Å². The van der Waals surface area contributed by atoms with E-state index in [1.807, 2.05) is 6.92 Å². The molecule has 4 rings (SSSR count). The molecular weight excluding hydrogens is 464 g/mol. The molecule has 2 aliphatic heterocycles. The van der Waals surface area contributed by atoms with Crippen molar-refractivity contribution in [3.05, 3.63) is 41.1 Å². The molecule has 192 valence electrons. The lowest BCUT2D eigenvalue weighted by Gasteiger charge is -2.36. The van der Waals surface area contributed by atoms with Gasteiger partial charge in [-0.2, -0.15) is 9.40 Å². The van der Waals surface area contributed by atoms with E-state index in [0.717, 1.165) is 31.7 Å². The average molecular weight is 503 g/mol. The number of hydrogen-bond donors (Lipinski definition) is 0. The number of piperazine rings is 2. The molecule has 0 bridgehead atoms. The van der Waals surface area contributed by atoms with Crippen molar-refractivity contribution in [3.8, 4) is 0 Å². The van der Waals surface area contributed by atoms with Crippen LogP contribution in [-0.2, 0) is 16.6 Å². The Bertz CT molecular complexity index is 1150. The van der Waals surface area contributed by atoms with Gasteiger partial charge in [0.2, 0.25) is 5.03 Å². The molecule has 2 aromatic rings. The van der Waals surface area contributed by atoms with Crippen LogP contribution in [0.4, 0.5) is 5.69 Å². The van der Waals surface area contributed by atoms with Crippen LogP contribution in [0.1, 0.15) is 41.8 Å². The number of nitrogens with zero attached hydrogens (tertiary/aromatic N) is 6. The van der Waals surface area contributed by atoms with Gasteiger partial charge in [-0.15, -0.1) is 0 Å². The van der Waals surface area contributed by atoms with Crippen molar-refractivity contribution in [2.75, 3.05) is 63.8 Å². The van der Waals surface area contributed by atoms with Crippen molar-refractivity contribution >= 4 is 21.6 Å². The molecule has 1 aromatic heterocycles. The largest absolute Gasteiger partial charge is 0.369 e. The third-order valence-corrected chi connectivity index (χ3v) is 8.84. The maximum absolute atomic E-state index is 13.7. The fourth-order valence-electron chi connectivity index (χ4n) is 4.92. The Hall–Kier alpha value is -2.43. The maximum atomic E-state index is 13.7. The van der Waals surface area contributed by atoms with Crippen LogP contribution in [0.25, 0.3) is 0 Å². The van der Waals surface area contributed by atoms with Crippen molar-refractivity contribution < 1.29 is 13.2 Å². The molecule has 1 amide bonds. The minimum absolute atomic E-state index is 0.111. The summed E-state index contributed by atoms with van der Waals surface area (Å²) in [6.45, 7) is 14.4. The number of aromatic nitrogens is 2. The zero-order valence-electron chi connectivity index (χ0n) is 21.4. The SMILES string of the molecule is CCCN1CCN(C(=O)c2cn(CC)nc2S(=O)(=O)N2CCN(c3cc(C)ccc3C)CC2)CC1. The molecule has 2 fully saturated rings. The second-order valence-electron chi connectivity index (χ2n) is 9.52. The van der Waals surface area contributed by atoms with Crippen molar-refractivity contribution in [2.24, 2.45) is 0 Å². The summed E-state index contributed by atoms with van der Waals surface area (Å²) in [5.74, 6) is -0.242. The highest BCUT2D eigenvalue weighted by Gasteiger charge is 2.36. The number of sulfonamides is 1. The summed E-state index contributed by atoms with van der Waals surface area (Å²) < 4.78 is 30.4. The van der Waals surface area contributed by atoms with Crippen molar-refractivity contribution in [1.29, 1.82) is 0 Å². The van der Waals surface area contributed by atoms with Gasteiger partial charge in [0.15, 0.2) is 0 Å². The van der Waals surface area contributed by atoms with Gasteiger partial charge in [-0.05, 0) is 50.9 Å². The Morgan fingerprint density at radius 3 is 2.29 bits per heavy atom. The van der Waals surface area contributed by atoms with Crippen LogP contribution >= 0.6 is 0 Å². The van der Waals surface area contributed by atoms with Gasteiger partial charge in [-0.3, -0.25) is 14.4 Å². The molecule has 0 saturated carbocycles. The third kappa shape index (κ3) is 5.39. The summed E-state index contributed by atoms with van der Waals surface area (Å²) in [5, 5.41) is 4.24. The quantitative estimate of drug-likeness (QED) is 0.577. The molecule has 0 spiro atoms. The summed E-state index contributed by atoms with van der Waals surface area (Å²) in [6.07, 6.45) is 2.68. The van der Waals surface area contributed by atoms with Crippen molar-refractivity contribution in [1.82, 2.24) is 23.9 Å². The van der Waals surface area contributed by atoms with E-state index in [4.69, 9.17) is 0 Å². The Balaban J connectivity index is 1.51. The minimum atomic E-state index is -3.89. The summed E-state index contributed by atoms with van der Waals surface area (Å²) in [6, 6.07) is 6.34. The number of anilines is 1. The number of carbonyl (C=O) groups is 1. The molecule has 35 heavy (non-hydrogen) atoms. The molecule has 3 heterocycles. The van der Waals surface area contributed by atoms with Gasteiger partial charge in [0, 0.05) is 70.8 Å². The molecule has 0 atom stereocenters. The predicted octanol–water partition coefficient (Wildman–Crippen LogP) is 2.20. The molecule has 9 nitrogen and oxygen atoms in total. The van der Waals surface area contributed by atoms with Gasteiger partial charge in [-0.25, -0.2) is 8.42 Å². The first-order chi connectivity index (χ1) is 16.7. The monoisotopic (exact) mass is 502 g/mol. The Labute approximate surface area is 209 Å². The molecule has 1 aromatic carbocycles. The van der Waals surface area contributed by atoms with E-state index in [-0.39, 0.29) is 16.5 Å². The van der Waals surface area contributed by atoms with Gasteiger partial charge in [-0.1, -0.05) is 19.1 Å². The molecule has 0 N–H and O–H groups in total. The maximum Gasteiger partial charge on any atom is 0.263 e. The summed E-state index contributed by atoms with van der Waals surface area (Å²) in [5.41, 5.74) is 3.70. The lowest BCUT2D eigenvalue weighted by molar-refractivity contribution is 0.0633. The van der Waals surface area contributed by atoms with E-state index in [1.165, 1.54) is 15.4 Å². The highest BCUT2D eigenvalue weighted by molar-refractivity contribution is 7.89. The smallest absolute Gasteiger partial charge is 0.263 e. The predicted molar refractivity (Wildman–Crippen MR) is 137 cm³/mol. The first-order valence-corrected chi connectivity index (χ1v) is 14.1. The van der Waals surface area contributed by atoms with E-state index in [1.54, 1.807) is 15.8 Å². The molecule has 10 heteroatoms. The van der Waals surface area contributed by atoms with Crippen LogP contribution in [-0.4, -0.2) is 97.1 Å². The van der Waals surface area contributed by atoms with Crippen LogP contribution in [0.15, 0.2) is 29.4 Å². The van der Waals surface area contributed by atoms with Crippen LogP contribution in [0.5, 0.6) is 0 Å². The molecule has 2 aliphatic rings. The van der Waals surface area contributed by atoms with Gasteiger partial charge < -0.3 is 9.80 Å². The molecule has 2 saturated heterocycles. The Morgan fingerprint density at radius 1 is 0.971 bits per heavy atom. The Kier molecular flexibility index (Phi) is 7.83. The molecular formula is C25H38N6O3S. The van der Waals surface area contributed by atoms with E-state index >= 15 is 0 Å². The highest BCUT2D eigenvalue weighted by Crippen LogP contribution is 2.26. The zero-order valence-corrected chi connectivity index (χ0v) is 22.2. The van der Waals surface area contributed by atoms with Gasteiger partial charge >= 0.3 is 0 Å². The normalized spacial score (nSPS) is 18.3. The number of amides is 1. The number of hydrogen-bond acceptors (Lipinski definition) is 6. The average Bonchev–Trinajstić information content (AvgIpc) is 3.31. The fourth-order valence-corrected chi connectivity index (χ4v) is 6.43. The van der Waals surface area contributed by atoms with Crippen LogP contribution in [0.2, 0.25) is 0 Å². The first kappa shape index (κ1) is 25.7. The number of aryl methyl sites for hydroxylation is 3. The minimum Gasteiger partial charge on any atom is -0.369 e. The molecule has 0 unspecified atom stereocenters. The van der Waals surface area contributed by atoms with Crippen LogP contribution in [0, 0.1) is 13.8 Å². The van der Waals surface area contributed by atoms with E-state index in [0.29, 0.717) is 45.8 Å². The zero-order chi connectivity index (χ0) is 25.2. The fraction of sp³-hybridized carbons (Fsp3) is 0.600. The van der Waals surface area contributed by atoms with E-state index < -0.39 is 10.0 Å². The van der Waals surface area contributed by atoms with Gasteiger partial charge in [0.05, 0.1) is 5.56 Å². The summed E-state index contributed by atoms with van der Waals surface area (Å²) in [4.78, 5) is 19.8. The lowest BCUT2D eigenvalue weighted by Crippen LogP contribution is -2.50. The number of carbonyl (C=O) groups excluding carboxylic acids is 1. The first-order valence-electron chi connectivity index (χ1n) is 12.7. The summed E-state index contributed by atoms with van der Waals surface area (Å²) >= 11 is 0. The van der Waals surface area contributed by atoms with Crippen LogP contribution in [0.3, 0.4) is 0 Å².